The SMILES string of the molecule is COc1cc2c(cc1OC)Oc1nc(NCCN3CCCC3)c(C#N)c(NCCN3CCCC3)c1C2. The number of ether oxygens (including phenoxy) is 3. The number of hydrogen-bond donors (Lipinski definition) is 2. The molecule has 9 nitrogen and oxygen atoms in total. The van der Waals surface area contributed by atoms with Crippen LogP contribution in [0.25, 0.3) is 0 Å². The van der Waals surface area contributed by atoms with Crippen LogP contribution in [0.1, 0.15) is 42.4 Å². The molecule has 0 saturated carbocycles. The van der Waals surface area contributed by atoms with Gasteiger partial charge in [0.25, 0.3) is 0 Å². The van der Waals surface area contributed by atoms with Crippen LogP contribution in [-0.2, 0) is 6.42 Å². The van der Waals surface area contributed by atoms with Gasteiger partial charge in [0.05, 0.1) is 19.9 Å². The Bertz CT molecular complexity index is 1120. The van der Waals surface area contributed by atoms with E-state index >= 15 is 0 Å². The molecule has 2 N–H and O–H groups in total. The lowest BCUT2D eigenvalue weighted by Gasteiger charge is -2.26. The van der Waals surface area contributed by atoms with Crippen LogP contribution in [0.5, 0.6) is 23.1 Å². The third-order valence-corrected chi connectivity index (χ3v) is 7.36. The second kappa shape index (κ2) is 11.2. The van der Waals surface area contributed by atoms with E-state index in [0.717, 1.165) is 69.2 Å². The number of pyridine rings is 1. The average molecular weight is 493 g/mol. The molecule has 2 fully saturated rings. The molecule has 5 rings (SSSR count). The normalized spacial score (nSPS) is 17.1. The molecule has 3 aliphatic rings. The average Bonchev–Trinajstić information content (AvgIpc) is 3.61. The Labute approximate surface area is 213 Å². The van der Waals surface area contributed by atoms with E-state index in [4.69, 9.17) is 19.2 Å². The fourth-order valence-corrected chi connectivity index (χ4v) is 5.40. The van der Waals surface area contributed by atoms with Crippen molar-refractivity contribution in [3.63, 3.8) is 0 Å². The monoisotopic (exact) mass is 492 g/mol. The van der Waals surface area contributed by atoms with Crippen molar-refractivity contribution in [3.05, 3.63) is 28.8 Å². The lowest BCUT2D eigenvalue weighted by atomic mass is 9.98. The lowest BCUT2D eigenvalue weighted by Crippen LogP contribution is -2.27. The summed E-state index contributed by atoms with van der Waals surface area (Å²) in [5, 5.41) is 17.2. The van der Waals surface area contributed by atoms with Crippen molar-refractivity contribution in [2.24, 2.45) is 0 Å². The number of nitrogens with one attached hydrogen (secondary N) is 2. The van der Waals surface area contributed by atoms with Crippen LogP contribution in [0.3, 0.4) is 0 Å². The molecule has 0 unspecified atom stereocenters. The summed E-state index contributed by atoms with van der Waals surface area (Å²) in [4.78, 5) is 9.70. The quantitative estimate of drug-likeness (QED) is 0.439. The molecule has 0 atom stereocenters. The smallest absolute Gasteiger partial charge is 0.226 e. The molecule has 2 aromatic rings. The number of likely N-dealkylation sites (tertiary alicyclic amines) is 2. The Hall–Kier alpha value is -3.22. The van der Waals surface area contributed by atoms with Gasteiger partial charge in [-0.05, 0) is 57.9 Å². The van der Waals surface area contributed by atoms with Crippen LogP contribution in [0.4, 0.5) is 11.5 Å². The number of benzene rings is 1. The molecule has 9 heteroatoms. The molecule has 3 aliphatic heterocycles. The van der Waals surface area contributed by atoms with E-state index < -0.39 is 0 Å². The minimum Gasteiger partial charge on any atom is -0.493 e. The first-order valence-electron chi connectivity index (χ1n) is 13.0. The van der Waals surface area contributed by atoms with Crippen LogP contribution in [0.2, 0.25) is 0 Å². The molecule has 1 aromatic heterocycles. The molecule has 2 saturated heterocycles. The van der Waals surface area contributed by atoms with E-state index in [1.807, 2.05) is 12.1 Å². The van der Waals surface area contributed by atoms with Gasteiger partial charge in [0.2, 0.25) is 5.88 Å². The van der Waals surface area contributed by atoms with Crippen LogP contribution in [0.15, 0.2) is 12.1 Å². The summed E-state index contributed by atoms with van der Waals surface area (Å²) < 4.78 is 17.3. The van der Waals surface area contributed by atoms with Crippen molar-refractivity contribution < 1.29 is 14.2 Å². The van der Waals surface area contributed by atoms with Crippen molar-refractivity contribution in [2.45, 2.75) is 32.1 Å². The Kier molecular flexibility index (Phi) is 7.63. The van der Waals surface area contributed by atoms with E-state index in [9.17, 15) is 5.26 Å². The fourth-order valence-electron chi connectivity index (χ4n) is 5.40. The largest absolute Gasteiger partial charge is 0.493 e. The van der Waals surface area contributed by atoms with E-state index in [-0.39, 0.29) is 0 Å². The van der Waals surface area contributed by atoms with Gasteiger partial charge >= 0.3 is 0 Å². The zero-order chi connectivity index (χ0) is 24.9. The van der Waals surface area contributed by atoms with Gasteiger partial charge in [0, 0.05) is 49.8 Å². The highest BCUT2D eigenvalue weighted by Crippen LogP contribution is 2.45. The van der Waals surface area contributed by atoms with Crippen molar-refractivity contribution in [1.29, 1.82) is 5.26 Å². The van der Waals surface area contributed by atoms with Crippen LogP contribution in [0, 0.1) is 11.3 Å². The van der Waals surface area contributed by atoms with Crippen molar-refractivity contribution in [2.75, 3.05) is 77.2 Å². The molecular formula is C27H36N6O3. The van der Waals surface area contributed by atoms with Gasteiger partial charge in [-0.15, -0.1) is 0 Å². The molecular weight excluding hydrogens is 456 g/mol. The predicted octanol–water partition coefficient (Wildman–Crippen LogP) is 3.68. The Morgan fingerprint density at radius 1 is 0.944 bits per heavy atom. The minimum absolute atomic E-state index is 0.529. The first-order valence-corrected chi connectivity index (χ1v) is 13.0. The van der Waals surface area contributed by atoms with Gasteiger partial charge in [0.1, 0.15) is 23.2 Å². The second-order valence-corrected chi connectivity index (χ2v) is 9.65. The lowest BCUT2D eigenvalue weighted by molar-refractivity contribution is 0.349. The number of anilines is 2. The maximum atomic E-state index is 10.2. The fraction of sp³-hybridized carbons (Fsp3) is 0.556. The predicted molar refractivity (Wildman–Crippen MR) is 140 cm³/mol. The highest BCUT2D eigenvalue weighted by Gasteiger charge is 2.28. The van der Waals surface area contributed by atoms with Crippen LogP contribution < -0.4 is 24.8 Å². The molecule has 192 valence electrons. The summed E-state index contributed by atoms with van der Waals surface area (Å²) in [7, 11) is 3.24. The van der Waals surface area contributed by atoms with Crippen LogP contribution >= 0.6 is 0 Å². The van der Waals surface area contributed by atoms with Gasteiger partial charge in [-0.1, -0.05) is 0 Å². The minimum atomic E-state index is 0.529. The summed E-state index contributed by atoms with van der Waals surface area (Å²) in [6.45, 7) is 7.93. The van der Waals surface area contributed by atoms with Gasteiger partial charge in [-0.2, -0.15) is 10.2 Å². The Morgan fingerprint density at radius 3 is 2.17 bits per heavy atom. The van der Waals surface area contributed by atoms with Gasteiger partial charge in [-0.3, -0.25) is 0 Å². The van der Waals surface area contributed by atoms with Crippen molar-refractivity contribution in [1.82, 2.24) is 14.8 Å². The number of nitriles is 1. The summed E-state index contributed by atoms with van der Waals surface area (Å²) in [6.07, 6.45) is 5.62. The standard InChI is InChI=1S/C27H36N6O3/c1-34-23-16-19-15-20-25(29-7-13-32-9-3-4-10-32)21(18-28)26(30-8-14-33-11-5-6-12-33)31-27(20)36-22(19)17-24(23)35-2/h16-17H,3-15H2,1-2H3,(H2,29,30,31). The van der Waals surface area contributed by atoms with Gasteiger partial charge in [-0.25, -0.2) is 0 Å². The molecule has 0 radical (unpaired) electrons. The van der Waals surface area contributed by atoms with E-state index in [0.29, 0.717) is 40.9 Å². The number of fused-ring (bicyclic) bond motifs is 2. The highest BCUT2D eigenvalue weighted by molar-refractivity contribution is 5.76. The van der Waals surface area contributed by atoms with Gasteiger partial charge < -0.3 is 34.6 Å². The summed E-state index contributed by atoms with van der Waals surface area (Å²) in [5.41, 5.74) is 3.23. The summed E-state index contributed by atoms with van der Waals surface area (Å²) in [5.74, 6) is 3.06. The number of nitrogens with zero attached hydrogens (tertiary/aromatic N) is 4. The number of aromatic nitrogens is 1. The maximum absolute atomic E-state index is 10.2. The first-order chi connectivity index (χ1) is 17.7. The zero-order valence-corrected chi connectivity index (χ0v) is 21.4. The molecule has 0 bridgehead atoms. The number of rotatable bonds is 10. The number of hydrogen-bond acceptors (Lipinski definition) is 9. The van der Waals surface area contributed by atoms with Crippen molar-refractivity contribution in [3.8, 4) is 29.2 Å². The third-order valence-electron chi connectivity index (χ3n) is 7.36. The second-order valence-electron chi connectivity index (χ2n) is 9.65. The Morgan fingerprint density at radius 2 is 1.56 bits per heavy atom. The summed E-state index contributed by atoms with van der Waals surface area (Å²) in [6, 6.07) is 6.21. The molecule has 0 spiro atoms. The first kappa shape index (κ1) is 24.5. The maximum Gasteiger partial charge on any atom is 0.226 e. The zero-order valence-electron chi connectivity index (χ0n) is 21.4. The van der Waals surface area contributed by atoms with Crippen LogP contribution in [-0.4, -0.2) is 81.4 Å². The Balaban J connectivity index is 1.43. The number of methoxy groups -OCH3 is 2. The molecule has 36 heavy (non-hydrogen) atoms. The van der Waals surface area contributed by atoms with E-state index in [1.165, 1.54) is 25.7 Å². The highest BCUT2D eigenvalue weighted by atomic mass is 16.5. The topological polar surface area (TPSA) is 94.9 Å². The van der Waals surface area contributed by atoms with E-state index in [1.54, 1.807) is 14.2 Å². The molecule has 0 amide bonds. The van der Waals surface area contributed by atoms with Crippen molar-refractivity contribution >= 4 is 11.5 Å². The molecule has 1 aromatic carbocycles. The molecule has 0 aliphatic carbocycles. The molecule has 4 heterocycles. The van der Waals surface area contributed by atoms with E-state index in [2.05, 4.69) is 26.5 Å². The third kappa shape index (κ3) is 5.15. The van der Waals surface area contributed by atoms with Gasteiger partial charge in [0.15, 0.2) is 11.5 Å². The summed E-state index contributed by atoms with van der Waals surface area (Å²) >= 11 is 0.